The largest absolute Gasteiger partial charge is 0.484 e. The lowest BCUT2D eigenvalue weighted by Gasteiger charge is -2.32. The summed E-state index contributed by atoms with van der Waals surface area (Å²) in [6, 6.07) is 12.3. The van der Waals surface area contributed by atoms with Crippen LogP contribution in [0.4, 0.5) is 0 Å². The van der Waals surface area contributed by atoms with Crippen molar-refractivity contribution in [3.05, 3.63) is 48.8 Å². The molecule has 1 fully saturated rings. The maximum absolute atomic E-state index is 12.3. The molecule has 1 aliphatic rings. The predicted octanol–water partition coefficient (Wildman–Crippen LogP) is 2.88. The molecule has 1 amide bonds. The van der Waals surface area contributed by atoms with Gasteiger partial charge >= 0.3 is 0 Å². The van der Waals surface area contributed by atoms with E-state index in [1.165, 1.54) is 0 Å². The molecule has 6 heteroatoms. The van der Waals surface area contributed by atoms with Gasteiger partial charge in [-0.25, -0.2) is 0 Å². The van der Waals surface area contributed by atoms with Crippen molar-refractivity contribution in [1.29, 1.82) is 0 Å². The van der Waals surface area contributed by atoms with Gasteiger partial charge in [0.15, 0.2) is 6.61 Å². The number of ether oxygens (including phenoxy) is 1. The summed E-state index contributed by atoms with van der Waals surface area (Å²) in [6.45, 7) is 6.40. The number of piperazine rings is 1. The lowest BCUT2D eigenvalue weighted by molar-refractivity contribution is -0.134. The number of fused-ring (bicyclic) bond motifs is 1. The number of carbonyl (C=O) groups is 1. The van der Waals surface area contributed by atoms with Crippen LogP contribution >= 0.6 is 0 Å². The quantitative estimate of drug-likeness (QED) is 0.685. The highest BCUT2D eigenvalue weighted by molar-refractivity contribution is 5.88. The van der Waals surface area contributed by atoms with Crippen LogP contribution in [-0.2, 0) is 11.3 Å². The summed E-state index contributed by atoms with van der Waals surface area (Å²) in [5.74, 6) is 0.776. The molecule has 1 saturated heterocycles. The smallest absolute Gasteiger partial charge is 0.260 e. The topological polar surface area (TPSA) is 50.6 Å². The van der Waals surface area contributed by atoms with Gasteiger partial charge in [-0.2, -0.15) is 5.10 Å². The van der Waals surface area contributed by atoms with E-state index in [1.807, 2.05) is 34.0 Å². The number of nitrogens with zero attached hydrogens (tertiary/aromatic N) is 4. The highest BCUT2D eigenvalue weighted by Gasteiger charge is 2.19. The highest BCUT2D eigenvalue weighted by Crippen LogP contribution is 2.27. The van der Waals surface area contributed by atoms with E-state index in [0.717, 1.165) is 60.4 Å². The molecule has 0 N–H and O–H groups in total. The molecule has 6 nitrogen and oxygen atoms in total. The van der Waals surface area contributed by atoms with E-state index in [0.29, 0.717) is 0 Å². The van der Waals surface area contributed by atoms with Crippen molar-refractivity contribution in [2.75, 3.05) is 39.8 Å². The zero-order valence-corrected chi connectivity index (χ0v) is 16.5. The Kier molecular flexibility index (Phi) is 5.30. The van der Waals surface area contributed by atoms with E-state index >= 15 is 0 Å². The summed E-state index contributed by atoms with van der Waals surface area (Å²) in [7, 11) is 2.08. The molecule has 0 unspecified atom stereocenters. The van der Waals surface area contributed by atoms with Crippen LogP contribution in [0.5, 0.6) is 5.75 Å². The first-order valence-corrected chi connectivity index (χ1v) is 9.78. The van der Waals surface area contributed by atoms with Crippen LogP contribution in [0.3, 0.4) is 0 Å². The number of hydrogen-bond acceptors (Lipinski definition) is 4. The average molecular weight is 378 g/mol. The summed E-state index contributed by atoms with van der Waals surface area (Å²) in [6.07, 6.45) is 3.95. The van der Waals surface area contributed by atoms with Crippen LogP contribution in [0.15, 0.2) is 48.8 Å². The van der Waals surface area contributed by atoms with Crippen LogP contribution in [-0.4, -0.2) is 65.3 Å². The Hall–Kier alpha value is -2.86. The van der Waals surface area contributed by atoms with Crippen LogP contribution < -0.4 is 4.74 Å². The molecule has 1 aliphatic heterocycles. The van der Waals surface area contributed by atoms with Crippen LogP contribution in [0.25, 0.3) is 21.9 Å². The Bertz CT molecular complexity index is 974. The number of rotatable bonds is 5. The molecule has 0 bridgehead atoms. The first kappa shape index (κ1) is 18.5. The molecule has 0 spiro atoms. The fraction of sp³-hybridized carbons (Fsp3) is 0.364. The minimum absolute atomic E-state index is 0.0523. The van der Waals surface area contributed by atoms with Crippen molar-refractivity contribution < 1.29 is 9.53 Å². The average Bonchev–Trinajstić information content (AvgIpc) is 3.21. The van der Waals surface area contributed by atoms with Gasteiger partial charge < -0.3 is 14.5 Å². The minimum Gasteiger partial charge on any atom is -0.484 e. The maximum atomic E-state index is 12.3. The molecule has 28 heavy (non-hydrogen) atoms. The highest BCUT2D eigenvalue weighted by atomic mass is 16.5. The predicted molar refractivity (Wildman–Crippen MR) is 110 cm³/mol. The zero-order valence-electron chi connectivity index (χ0n) is 16.5. The Labute approximate surface area is 165 Å². The minimum atomic E-state index is 0.0523. The molecule has 0 radical (unpaired) electrons. The Morgan fingerprint density at radius 1 is 1.04 bits per heavy atom. The van der Waals surface area contributed by atoms with Gasteiger partial charge in [-0.05, 0) is 48.5 Å². The Balaban J connectivity index is 1.43. The second-order valence-electron chi connectivity index (χ2n) is 7.28. The molecule has 146 valence electrons. The second kappa shape index (κ2) is 8.02. The van der Waals surface area contributed by atoms with Crippen LogP contribution in [0.2, 0.25) is 0 Å². The first-order valence-electron chi connectivity index (χ1n) is 9.78. The summed E-state index contributed by atoms with van der Waals surface area (Å²) in [5, 5.41) is 6.58. The SMILES string of the molecule is CCn1cc(-c2ccc3cc(OCC(=O)N4CCN(C)CC4)ccc3c2)cn1. The van der Waals surface area contributed by atoms with Crippen molar-refractivity contribution in [2.45, 2.75) is 13.5 Å². The number of aromatic nitrogens is 2. The van der Waals surface area contributed by atoms with Gasteiger partial charge in [-0.1, -0.05) is 18.2 Å². The lowest BCUT2D eigenvalue weighted by atomic mass is 10.0. The third-order valence-corrected chi connectivity index (χ3v) is 5.32. The molecule has 0 saturated carbocycles. The fourth-order valence-electron chi connectivity index (χ4n) is 3.47. The number of amides is 1. The summed E-state index contributed by atoms with van der Waals surface area (Å²) in [4.78, 5) is 16.5. The van der Waals surface area contributed by atoms with Crippen molar-refractivity contribution in [1.82, 2.24) is 19.6 Å². The maximum Gasteiger partial charge on any atom is 0.260 e. The standard InChI is InChI=1S/C22H26N4O2/c1-3-26-15-20(14-23-26)18-4-5-19-13-21(7-6-17(19)12-18)28-16-22(27)25-10-8-24(2)9-11-25/h4-7,12-15H,3,8-11,16H2,1-2H3. The van der Waals surface area contributed by atoms with Gasteiger partial charge in [0.25, 0.3) is 5.91 Å². The van der Waals surface area contributed by atoms with Gasteiger partial charge in [-0.3, -0.25) is 9.48 Å². The summed E-state index contributed by atoms with van der Waals surface area (Å²) >= 11 is 0. The normalized spacial score (nSPS) is 15.1. The first-order chi connectivity index (χ1) is 13.6. The molecule has 0 aliphatic carbocycles. The molecule has 4 rings (SSSR count). The molecule has 2 heterocycles. The van der Waals surface area contributed by atoms with Gasteiger partial charge in [0.1, 0.15) is 5.75 Å². The van der Waals surface area contributed by atoms with E-state index < -0.39 is 0 Å². The van der Waals surface area contributed by atoms with Crippen LogP contribution in [0.1, 0.15) is 6.92 Å². The van der Waals surface area contributed by atoms with E-state index in [9.17, 15) is 4.79 Å². The monoisotopic (exact) mass is 378 g/mol. The second-order valence-corrected chi connectivity index (χ2v) is 7.28. The number of aryl methyl sites for hydroxylation is 1. The molecular weight excluding hydrogens is 352 g/mol. The summed E-state index contributed by atoms with van der Waals surface area (Å²) in [5.41, 5.74) is 2.26. The van der Waals surface area contributed by atoms with Gasteiger partial charge in [0.2, 0.25) is 0 Å². The van der Waals surface area contributed by atoms with Gasteiger partial charge in [0, 0.05) is 44.5 Å². The number of likely N-dealkylation sites (N-methyl/N-ethyl adjacent to an activating group) is 1. The molecular formula is C22H26N4O2. The Morgan fingerprint density at radius 3 is 2.54 bits per heavy atom. The van der Waals surface area contributed by atoms with E-state index in [4.69, 9.17) is 4.74 Å². The van der Waals surface area contributed by atoms with Crippen molar-refractivity contribution in [2.24, 2.45) is 0 Å². The van der Waals surface area contributed by atoms with Crippen LogP contribution in [0, 0.1) is 0 Å². The third kappa shape index (κ3) is 4.02. The third-order valence-electron chi connectivity index (χ3n) is 5.32. The van der Waals surface area contributed by atoms with Crippen molar-refractivity contribution in [3.8, 4) is 16.9 Å². The molecule has 0 atom stereocenters. The lowest BCUT2D eigenvalue weighted by Crippen LogP contribution is -2.48. The van der Waals surface area contributed by atoms with Crippen molar-refractivity contribution >= 4 is 16.7 Å². The molecule has 1 aromatic heterocycles. The van der Waals surface area contributed by atoms with E-state index in [2.05, 4.69) is 48.4 Å². The van der Waals surface area contributed by atoms with E-state index in [-0.39, 0.29) is 12.5 Å². The number of benzene rings is 2. The van der Waals surface area contributed by atoms with Crippen molar-refractivity contribution in [3.63, 3.8) is 0 Å². The number of carbonyl (C=O) groups excluding carboxylic acids is 1. The zero-order chi connectivity index (χ0) is 19.5. The van der Waals surface area contributed by atoms with E-state index in [1.54, 1.807) is 0 Å². The fourth-order valence-corrected chi connectivity index (χ4v) is 3.47. The molecule has 3 aromatic rings. The van der Waals surface area contributed by atoms with Gasteiger partial charge in [-0.15, -0.1) is 0 Å². The number of hydrogen-bond donors (Lipinski definition) is 0. The van der Waals surface area contributed by atoms with Gasteiger partial charge in [0.05, 0.1) is 6.20 Å². The summed E-state index contributed by atoms with van der Waals surface area (Å²) < 4.78 is 7.70. The Morgan fingerprint density at radius 2 is 1.79 bits per heavy atom. The molecule has 2 aromatic carbocycles.